The van der Waals surface area contributed by atoms with Crippen molar-refractivity contribution in [2.75, 3.05) is 6.54 Å². The molecule has 1 fully saturated rings. The summed E-state index contributed by atoms with van der Waals surface area (Å²) in [7, 11) is 0. The average molecular weight is 192 g/mol. The van der Waals surface area contributed by atoms with Crippen molar-refractivity contribution in [1.82, 2.24) is 10.6 Å². The molecular weight excluding hydrogens is 172 g/mol. The van der Waals surface area contributed by atoms with Crippen LogP contribution >= 0.6 is 0 Å². The molecule has 2 aliphatic rings. The van der Waals surface area contributed by atoms with Crippen molar-refractivity contribution < 1.29 is 0 Å². The standard InChI is InChI=1S/C12H20N2/c1-2-4-12(14-7-3-1)10-11-5-8-13-9-6-11/h5-6,8-9,11-14H,1-4,7,10H2. The maximum atomic E-state index is 3.64. The number of hydrogen-bond donors (Lipinski definition) is 2. The minimum absolute atomic E-state index is 0.631. The van der Waals surface area contributed by atoms with Crippen molar-refractivity contribution in [2.24, 2.45) is 5.92 Å². The first-order valence-electron chi connectivity index (χ1n) is 5.78. The fourth-order valence-electron chi connectivity index (χ4n) is 2.27. The summed E-state index contributed by atoms with van der Waals surface area (Å²) in [4.78, 5) is 0. The zero-order valence-electron chi connectivity index (χ0n) is 8.71. The predicted octanol–water partition coefficient (Wildman–Crippen LogP) is 2.16. The van der Waals surface area contributed by atoms with Crippen LogP contribution in [-0.4, -0.2) is 12.6 Å². The molecule has 1 unspecified atom stereocenters. The van der Waals surface area contributed by atoms with Gasteiger partial charge in [0.1, 0.15) is 0 Å². The molecule has 0 aromatic carbocycles. The second-order valence-corrected chi connectivity index (χ2v) is 4.28. The molecule has 0 amide bonds. The van der Waals surface area contributed by atoms with Gasteiger partial charge >= 0.3 is 0 Å². The van der Waals surface area contributed by atoms with E-state index >= 15 is 0 Å². The smallest absolute Gasteiger partial charge is 0.00756 e. The summed E-state index contributed by atoms with van der Waals surface area (Å²) in [6, 6.07) is 0.731. The number of hydrogen-bond acceptors (Lipinski definition) is 2. The molecule has 1 atom stereocenters. The van der Waals surface area contributed by atoms with Gasteiger partial charge in [0.2, 0.25) is 0 Å². The molecule has 2 heterocycles. The van der Waals surface area contributed by atoms with Crippen LogP contribution in [-0.2, 0) is 0 Å². The van der Waals surface area contributed by atoms with Gasteiger partial charge < -0.3 is 10.6 Å². The van der Waals surface area contributed by atoms with Gasteiger partial charge in [-0.25, -0.2) is 0 Å². The van der Waals surface area contributed by atoms with Gasteiger partial charge in [0.15, 0.2) is 0 Å². The van der Waals surface area contributed by atoms with Crippen molar-refractivity contribution in [3.63, 3.8) is 0 Å². The van der Waals surface area contributed by atoms with E-state index in [4.69, 9.17) is 0 Å². The lowest BCUT2D eigenvalue weighted by atomic mass is 9.96. The Morgan fingerprint density at radius 2 is 1.93 bits per heavy atom. The molecule has 2 N–H and O–H groups in total. The highest BCUT2D eigenvalue weighted by molar-refractivity contribution is 5.07. The number of nitrogens with one attached hydrogen (secondary N) is 2. The fourth-order valence-corrected chi connectivity index (χ4v) is 2.27. The molecule has 2 nitrogen and oxygen atoms in total. The van der Waals surface area contributed by atoms with E-state index < -0.39 is 0 Å². The Hall–Kier alpha value is -0.760. The van der Waals surface area contributed by atoms with Crippen LogP contribution in [0, 0.1) is 5.92 Å². The quantitative estimate of drug-likeness (QED) is 0.700. The molecule has 78 valence electrons. The van der Waals surface area contributed by atoms with Crippen LogP contribution < -0.4 is 10.6 Å². The van der Waals surface area contributed by atoms with Gasteiger partial charge in [-0.1, -0.05) is 25.0 Å². The molecule has 0 aromatic heterocycles. The molecule has 0 aromatic rings. The van der Waals surface area contributed by atoms with Gasteiger partial charge in [0.25, 0.3) is 0 Å². The van der Waals surface area contributed by atoms with Crippen molar-refractivity contribution >= 4 is 0 Å². The highest BCUT2D eigenvalue weighted by Gasteiger charge is 2.14. The molecule has 0 spiro atoms. The van der Waals surface area contributed by atoms with E-state index in [-0.39, 0.29) is 0 Å². The zero-order chi connectivity index (χ0) is 9.64. The second kappa shape index (κ2) is 5.20. The topological polar surface area (TPSA) is 24.1 Å². The predicted molar refractivity (Wildman–Crippen MR) is 59.8 cm³/mol. The first-order chi connectivity index (χ1) is 6.95. The van der Waals surface area contributed by atoms with Crippen LogP contribution in [0.15, 0.2) is 24.6 Å². The molecular formula is C12H20N2. The molecule has 0 aliphatic carbocycles. The number of rotatable bonds is 2. The van der Waals surface area contributed by atoms with Crippen molar-refractivity contribution in [3.05, 3.63) is 24.6 Å². The van der Waals surface area contributed by atoms with Gasteiger partial charge in [-0.15, -0.1) is 0 Å². The summed E-state index contributed by atoms with van der Waals surface area (Å²) in [6.07, 6.45) is 15.4. The highest BCUT2D eigenvalue weighted by atomic mass is 14.9. The Labute approximate surface area is 86.5 Å². The van der Waals surface area contributed by atoms with Gasteiger partial charge in [-0.3, -0.25) is 0 Å². The van der Waals surface area contributed by atoms with Crippen LogP contribution in [0.2, 0.25) is 0 Å². The van der Waals surface area contributed by atoms with Crippen LogP contribution in [0.1, 0.15) is 32.1 Å². The zero-order valence-corrected chi connectivity index (χ0v) is 8.71. The van der Waals surface area contributed by atoms with E-state index in [9.17, 15) is 0 Å². The number of allylic oxidation sites excluding steroid dienone is 2. The summed E-state index contributed by atoms with van der Waals surface area (Å²) < 4.78 is 0. The molecule has 14 heavy (non-hydrogen) atoms. The molecule has 2 aliphatic heterocycles. The molecule has 0 saturated carbocycles. The van der Waals surface area contributed by atoms with E-state index in [1.165, 1.54) is 38.6 Å². The second-order valence-electron chi connectivity index (χ2n) is 4.28. The van der Waals surface area contributed by atoms with Crippen LogP contribution in [0.5, 0.6) is 0 Å². The molecule has 0 radical (unpaired) electrons. The van der Waals surface area contributed by atoms with Crippen molar-refractivity contribution in [2.45, 2.75) is 38.1 Å². The lowest BCUT2D eigenvalue weighted by Crippen LogP contribution is -2.30. The Bertz CT molecular complexity index is 200. The van der Waals surface area contributed by atoms with Crippen LogP contribution in [0.3, 0.4) is 0 Å². The van der Waals surface area contributed by atoms with Crippen LogP contribution in [0.4, 0.5) is 0 Å². The molecule has 0 bridgehead atoms. The Kier molecular flexibility index (Phi) is 3.64. The normalized spacial score (nSPS) is 28.4. The first-order valence-corrected chi connectivity index (χ1v) is 5.78. The van der Waals surface area contributed by atoms with E-state index in [0.29, 0.717) is 5.92 Å². The minimum atomic E-state index is 0.631. The summed E-state index contributed by atoms with van der Waals surface area (Å²) in [5.41, 5.74) is 0. The molecule has 1 saturated heterocycles. The van der Waals surface area contributed by atoms with E-state index in [0.717, 1.165) is 6.04 Å². The maximum Gasteiger partial charge on any atom is 0.00756 e. The SMILES string of the molecule is C1=CC(CC2CCCCCN2)C=CN1. The monoisotopic (exact) mass is 192 g/mol. The maximum absolute atomic E-state index is 3.64. The van der Waals surface area contributed by atoms with E-state index in [1.807, 2.05) is 12.4 Å². The van der Waals surface area contributed by atoms with Gasteiger partial charge in [-0.05, 0) is 44.1 Å². The van der Waals surface area contributed by atoms with Gasteiger partial charge in [0.05, 0.1) is 0 Å². The van der Waals surface area contributed by atoms with Crippen molar-refractivity contribution in [3.8, 4) is 0 Å². The fraction of sp³-hybridized carbons (Fsp3) is 0.667. The van der Waals surface area contributed by atoms with E-state index in [1.54, 1.807) is 0 Å². The third-order valence-corrected chi connectivity index (χ3v) is 3.10. The lowest BCUT2D eigenvalue weighted by Gasteiger charge is -2.20. The lowest BCUT2D eigenvalue weighted by molar-refractivity contribution is 0.448. The Balaban J connectivity index is 1.79. The Morgan fingerprint density at radius 1 is 1.07 bits per heavy atom. The number of dihydropyridines is 1. The summed E-state index contributed by atoms with van der Waals surface area (Å²) in [5, 5.41) is 6.72. The van der Waals surface area contributed by atoms with Crippen molar-refractivity contribution in [1.29, 1.82) is 0 Å². The summed E-state index contributed by atoms with van der Waals surface area (Å²) >= 11 is 0. The molecule has 2 rings (SSSR count). The highest BCUT2D eigenvalue weighted by Crippen LogP contribution is 2.18. The minimum Gasteiger partial charge on any atom is -0.368 e. The average Bonchev–Trinajstić information content (AvgIpc) is 2.48. The summed E-state index contributed by atoms with van der Waals surface area (Å²) in [5.74, 6) is 0.631. The van der Waals surface area contributed by atoms with Gasteiger partial charge in [-0.2, -0.15) is 0 Å². The third-order valence-electron chi connectivity index (χ3n) is 3.10. The largest absolute Gasteiger partial charge is 0.368 e. The van der Waals surface area contributed by atoms with E-state index in [2.05, 4.69) is 22.8 Å². The molecule has 2 heteroatoms. The summed E-state index contributed by atoms with van der Waals surface area (Å²) in [6.45, 7) is 1.21. The Morgan fingerprint density at radius 3 is 2.79 bits per heavy atom. The van der Waals surface area contributed by atoms with Gasteiger partial charge in [0, 0.05) is 6.04 Å². The first kappa shape index (κ1) is 9.78. The van der Waals surface area contributed by atoms with Crippen LogP contribution in [0.25, 0.3) is 0 Å². The third kappa shape index (κ3) is 2.88.